The van der Waals surface area contributed by atoms with Crippen molar-refractivity contribution in [2.75, 3.05) is 6.61 Å². The van der Waals surface area contributed by atoms with Gasteiger partial charge in [0.25, 0.3) is 5.91 Å². The molecule has 0 aromatic heterocycles. The summed E-state index contributed by atoms with van der Waals surface area (Å²) >= 11 is 0. The number of fused-ring (bicyclic) bond motifs is 1. The average Bonchev–Trinajstić information content (AvgIpc) is 2.83. The van der Waals surface area contributed by atoms with E-state index in [4.69, 9.17) is 9.47 Å². The van der Waals surface area contributed by atoms with E-state index in [1.807, 2.05) is 31.2 Å². The first kappa shape index (κ1) is 22.7. The van der Waals surface area contributed by atoms with Gasteiger partial charge in [0.1, 0.15) is 18.1 Å². The van der Waals surface area contributed by atoms with Gasteiger partial charge in [0.15, 0.2) is 11.5 Å². The van der Waals surface area contributed by atoms with Crippen LogP contribution in [0, 0.1) is 0 Å². The van der Waals surface area contributed by atoms with Crippen molar-refractivity contribution in [1.82, 2.24) is 5.43 Å². The van der Waals surface area contributed by atoms with Crippen LogP contribution in [0.3, 0.4) is 0 Å². The van der Waals surface area contributed by atoms with Gasteiger partial charge in [-0.2, -0.15) is 5.10 Å². The number of carbonyl (C=O) groups is 1. The molecule has 0 aliphatic rings. The van der Waals surface area contributed by atoms with Crippen LogP contribution in [0.25, 0.3) is 10.8 Å². The highest BCUT2D eigenvalue weighted by molar-refractivity contribution is 5.97. The predicted molar refractivity (Wildman–Crippen MR) is 131 cm³/mol. The standard InChI is InChI=1S/C27H24N2O5/c1-2-33-26-14-18(16-28-29-27(32)23-12-11-21(30)15-24(23)31)10-13-25(26)34-17-20-8-5-7-19-6-3-4-9-22(19)20/h3-16,30-31H,2,17H2,1H3,(H,29,32)/b28-16+. The normalized spacial score (nSPS) is 11.0. The van der Waals surface area contributed by atoms with Crippen LogP contribution >= 0.6 is 0 Å². The van der Waals surface area contributed by atoms with Crippen molar-refractivity contribution in [3.8, 4) is 23.0 Å². The van der Waals surface area contributed by atoms with Gasteiger partial charge in [0.05, 0.1) is 18.4 Å². The Balaban J connectivity index is 1.46. The van der Waals surface area contributed by atoms with Crippen LogP contribution in [0.5, 0.6) is 23.0 Å². The quantitative estimate of drug-likeness (QED) is 0.256. The van der Waals surface area contributed by atoms with E-state index >= 15 is 0 Å². The molecule has 0 unspecified atom stereocenters. The SMILES string of the molecule is CCOc1cc(/C=N/NC(=O)c2ccc(O)cc2O)ccc1OCc1cccc2ccccc12. The van der Waals surface area contributed by atoms with Crippen LogP contribution in [0.4, 0.5) is 0 Å². The second-order valence-corrected chi connectivity index (χ2v) is 7.47. The Morgan fingerprint density at radius 1 is 0.941 bits per heavy atom. The van der Waals surface area contributed by atoms with Crippen molar-refractivity contribution in [1.29, 1.82) is 0 Å². The molecule has 0 spiro atoms. The Bertz CT molecular complexity index is 1340. The van der Waals surface area contributed by atoms with Gasteiger partial charge in [-0.3, -0.25) is 4.79 Å². The summed E-state index contributed by atoms with van der Waals surface area (Å²) in [6.45, 7) is 2.74. The lowest BCUT2D eigenvalue weighted by molar-refractivity contribution is 0.0952. The number of hydrogen-bond acceptors (Lipinski definition) is 6. The lowest BCUT2D eigenvalue weighted by atomic mass is 10.1. The Hall–Kier alpha value is -4.52. The van der Waals surface area contributed by atoms with E-state index in [0.29, 0.717) is 30.3 Å². The smallest absolute Gasteiger partial charge is 0.275 e. The maximum atomic E-state index is 12.2. The van der Waals surface area contributed by atoms with Gasteiger partial charge >= 0.3 is 0 Å². The van der Waals surface area contributed by atoms with Crippen molar-refractivity contribution in [2.24, 2.45) is 5.10 Å². The molecule has 1 amide bonds. The Kier molecular flexibility index (Phi) is 6.93. The summed E-state index contributed by atoms with van der Waals surface area (Å²) in [5.74, 6) is 0.0933. The molecule has 0 atom stereocenters. The molecule has 0 aliphatic carbocycles. The molecule has 0 radical (unpaired) electrons. The van der Waals surface area contributed by atoms with Gasteiger partial charge in [-0.1, -0.05) is 42.5 Å². The number of carbonyl (C=O) groups excluding carboxylic acids is 1. The van der Waals surface area contributed by atoms with Crippen molar-refractivity contribution < 1.29 is 24.5 Å². The van der Waals surface area contributed by atoms with E-state index in [1.54, 1.807) is 18.2 Å². The molecule has 4 aromatic carbocycles. The molecule has 0 fully saturated rings. The van der Waals surface area contributed by atoms with Gasteiger partial charge < -0.3 is 19.7 Å². The molecule has 0 bridgehead atoms. The molecule has 0 heterocycles. The number of hydrogen-bond donors (Lipinski definition) is 3. The minimum absolute atomic E-state index is 0.00198. The molecule has 0 saturated carbocycles. The molecular formula is C27H24N2O5. The van der Waals surface area contributed by atoms with Gasteiger partial charge in [0.2, 0.25) is 0 Å². The number of benzene rings is 4. The molecular weight excluding hydrogens is 432 g/mol. The summed E-state index contributed by atoms with van der Waals surface area (Å²) in [6, 6.07) is 23.4. The van der Waals surface area contributed by atoms with Gasteiger partial charge in [-0.25, -0.2) is 5.43 Å². The minimum atomic E-state index is -0.603. The third kappa shape index (κ3) is 5.27. The van der Waals surface area contributed by atoms with E-state index in [-0.39, 0.29) is 17.1 Å². The number of ether oxygens (including phenoxy) is 2. The fourth-order valence-electron chi connectivity index (χ4n) is 3.50. The molecule has 172 valence electrons. The average molecular weight is 456 g/mol. The molecule has 34 heavy (non-hydrogen) atoms. The number of phenolic OH excluding ortho intramolecular Hbond substituents is 2. The van der Waals surface area contributed by atoms with Gasteiger partial charge in [-0.05, 0) is 59.2 Å². The predicted octanol–water partition coefficient (Wildman–Crippen LogP) is 4.99. The first-order valence-electron chi connectivity index (χ1n) is 10.8. The third-order valence-electron chi connectivity index (χ3n) is 5.14. The Labute approximate surface area is 196 Å². The summed E-state index contributed by atoms with van der Waals surface area (Å²) in [4.78, 5) is 12.2. The Morgan fingerprint density at radius 3 is 2.59 bits per heavy atom. The van der Waals surface area contributed by atoms with E-state index in [2.05, 4.69) is 28.7 Å². The molecule has 3 N–H and O–H groups in total. The third-order valence-corrected chi connectivity index (χ3v) is 5.14. The highest BCUT2D eigenvalue weighted by Gasteiger charge is 2.11. The van der Waals surface area contributed by atoms with Crippen molar-refractivity contribution in [3.05, 3.63) is 95.6 Å². The highest BCUT2D eigenvalue weighted by Crippen LogP contribution is 2.30. The number of nitrogens with zero attached hydrogens (tertiary/aromatic N) is 1. The fraction of sp³-hybridized carbons (Fsp3) is 0.111. The van der Waals surface area contributed by atoms with Crippen LogP contribution in [0.15, 0.2) is 84.0 Å². The van der Waals surface area contributed by atoms with Crippen LogP contribution < -0.4 is 14.9 Å². The number of hydrazone groups is 1. The first-order valence-corrected chi connectivity index (χ1v) is 10.8. The van der Waals surface area contributed by atoms with Crippen LogP contribution in [0.2, 0.25) is 0 Å². The summed E-state index contributed by atoms with van der Waals surface area (Å²) in [7, 11) is 0. The molecule has 0 aliphatic heterocycles. The first-order chi connectivity index (χ1) is 16.5. The zero-order chi connectivity index (χ0) is 23.9. The second kappa shape index (κ2) is 10.4. The van der Waals surface area contributed by atoms with Crippen LogP contribution in [0.1, 0.15) is 28.4 Å². The highest BCUT2D eigenvalue weighted by atomic mass is 16.5. The summed E-state index contributed by atoms with van der Waals surface area (Å²) in [6.07, 6.45) is 1.46. The lowest BCUT2D eigenvalue weighted by Crippen LogP contribution is -2.17. The summed E-state index contributed by atoms with van der Waals surface area (Å²) < 4.78 is 11.8. The van der Waals surface area contributed by atoms with E-state index in [9.17, 15) is 15.0 Å². The van der Waals surface area contributed by atoms with Gasteiger partial charge in [-0.15, -0.1) is 0 Å². The molecule has 7 heteroatoms. The number of rotatable bonds is 8. The molecule has 7 nitrogen and oxygen atoms in total. The minimum Gasteiger partial charge on any atom is -0.508 e. The molecule has 0 saturated heterocycles. The van der Waals surface area contributed by atoms with Crippen molar-refractivity contribution >= 4 is 22.9 Å². The second-order valence-electron chi connectivity index (χ2n) is 7.47. The summed E-state index contributed by atoms with van der Waals surface area (Å²) in [5.41, 5.74) is 4.12. The largest absolute Gasteiger partial charge is 0.508 e. The van der Waals surface area contributed by atoms with Gasteiger partial charge in [0, 0.05) is 6.07 Å². The summed E-state index contributed by atoms with van der Waals surface area (Å²) in [5, 5.41) is 25.4. The van der Waals surface area contributed by atoms with E-state index in [1.165, 1.54) is 18.3 Å². The van der Waals surface area contributed by atoms with E-state index < -0.39 is 5.91 Å². The lowest BCUT2D eigenvalue weighted by Gasteiger charge is -2.13. The van der Waals surface area contributed by atoms with Crippen LogP contribution in [-0.4, -0.2) is 28.9 Å². The zero-order valence-electron chi connectivity index (χ0n) is 18.6. The fourth-order valence-corrected chi connectivity index (χ4v) is 3.50. The van der Waals surface area contributed by atoms with Crippen molar-refractivity contribution in [3.63, 3.8) is 0 Å². The molecule has 4 aromatic rings. The number of amides is 1. The zero-order valence-corrected chi connectivity index (χ0v) is 18.6. The maximum Gasteiger partial charge on any atom is 0.275 e. The number of aromatic hydroxyl groups is 2. The van der Waals surface area contributed by atoms with Crippen molar-refractivity contribution in [2.45, 2.75) is 13.5 Å². The Morgan fingerprint density at radius 2 is 1.76 bits per heavy atom. The number of nitrogens with one attached hydrogen (secondary N) is 1. The topological polar surface area (TPSA) is 100 Å². The maximum absolute atomic E-state index is 12.2. The van der Waals surface area contributed by atoms with Crippen LogP contribution in [-0.2, 0) is 6.61 Å². The number of phenols is 2. The monoisotopic (exact) mass is 456 g/mol. The van der Waals surface area contributed by atoms with E-state index in [0.717, 1.165) is 22.4 Å². The molecule has 4 rings (SSSR count).